The predicted octanol–water partition coefficient (Wildman–Crippen LogP) is 3.74. The summed E-state index contributed by atoms with van der Waals surface area (Å²) in [6.07, 6.45) is 3.50. The van der Waals surface area contributed by atoms with Crippen LogP contribution in [0.2, 0.25) is 0 Å². The molecule has 0 amide bonds. The highest BCUT2D eigenvalue weighted by Crippen LogP contribution is 2.14. The van der Waals surface area contributed by atoms with Crippen LogP contribution < -0.4 is 5.32 Å². The minimum absolute atomic E-state index is 0.244. The average Bonchev–Trinajstić information content (AvgIpc) is 2.37. The summed E-state index contributed by atoms with van der Waals surface area (Å²) >= 11 is 0. The van der Waals surface area contributed by atoms with Gasteiger partial charge in [-0.3, -0.25) is 4.79 Å². The van der Waals surface area contributed by atoms with Crippen LogP contribution in [-0.2, 0) is 16.1 Å². The lowest BCUT2D eigenvalue weighted by Gasteiger charge is -2.17. The predicted molar refractivity (Wildman–Crippen MR) is 74.5 cm³/mol. The van der Waals surface area contributed by atoms with Crippen LogP contribution in [0, 0.1) is 0 Å². The molecule has 0 aliphatic heterocycles. The van der Waals surface area contributed by atoms with E-state index in [1.807, 2.05) is 24.3 Å². The average molecular weight is 249 g/mol. The number of ether oxygens (including phenoxy) is 1. The highest BCUT2D eigenvalue weighted by Gasteiger charge is 2.04. The number of nitrogens with one attached hydrogen (secondary N) is 1. The molecule has 3 heteroatoms. The number of carbonyl (C=O) groups excluding carboxylic acids is 1. The van der Waals surface area contributed by atoms with Gasteiger partial charge < -0.3 is 10.1 Å². The third-order valence-electron chi connectivity index (χ3n) is 2.90. The largest absolute Gasteiger partial charge is 0.461 e. The summed E-state index contributed by atoms with van der Waals surface area (Å²) in [4.78, 5) is 10.7. The van der Waals surface area contributed by atoms with Crippen LogP contribution in [0.25, 0.3) is 0 Å². The Morgan fingerprint density at radius 1 is 1.28 bits per heavy atom. The number of hydrogen-bond donors (Lipinski definition) is 1. The van der Waals surface area contributed by atoms with E-state index in [1.54, 1.807) is 0 Å². The molecule has 1 atom stereocenters. The second-order valence-electron chi connectivity index (χ2n) is 4.52. The molecule has 0 saturated heterocycles. The van der Waals surface area contributed by atoms with Gasteiger partial charge in [-0.2, -0.15) is 0 Å². The number of benzene rings is 1. The first-order valence-electron chi connectivity index (χ1n) is 6.64. The quantitative estimate of drug-likeness (QED) is 0.748. The Morgan fingerprint density at radius 3 is 2.44 bits per heavy atom. The first-order valence-corrected chi connectivity index (χ1v) is 6.64. The van der Waals surface area contributed by atoms with E-state index in [4.69, 9.17) is 4.74 Å². The van der Waals surface area contributed by atoms with Gasteiger partial charge in [0.2, 0.25) is 0 Å². The van der Waals surface area contributed by atoms with Crippen molar-refractivity contribution in [1.82, 2.24) is 0 Å². The molecule has 1 aromatic carbocycles. The monoisotopic (exact) mass is 249 g/mol. The van der Waals surface area contributed by atoms with Crippen molar-refractivity contribution in [3.05, 3.63) is 29.8 Å². The van der Waals surface area contributed by atoms with Gasteiger partial charge in [-0.25, -0.2) is 0 Å². The lowest BCUT2D eigenvalue weighted by molar-refractivity contribution is -0.142. The van der Waals surface area contributed by atoms with Gasteiger partial charge in [0.1, 0.15) is 6.61 Å². The number of anilines is 1. The van der Waals surface area contributed by atoms with Crippen molar-refractivity contribution in [2.24, 2.45) is 0 Å². The molecule has 1 aromatic rings. The SMILES string of the molecule is CCCC(CC)Nc1ccc(COC(C)=O)cc1. The van der Waals surface area contributed by atoms with E-state index >= 15 is 0 Å². The smallest absolute Gasteiger partial charge is 0.302 e. The number of rotatable bonds is 7. The summed E-state index contributed by atoms with van der Waals surface area (Å²) in [5.41, 5.74) is 2.14. The van der Waals surface area contributed by atoms with Gasteiger partial charge in [0.25, 0.3) is 0 Å². The number of hydrogen-bond acceptors (Lipinski definition) is 3. The second kappa shape index (κ2) is 7.75. The molecule has 0 aromatic heterocycles. The Balaban J connectivity index is 2.51. The highest BCUT2D eigenvalue weighted by atomic mass is 16.5. The molecule has 0 spiro atoms. The second-order valence-corrected chi connectivity index (χ2v) is 4.52. The van der Waals surface area contributed by atoms with E-state index in [0.717, 1.165) is 17.7 Å². The highest BCUT2D eigenvalue weighted by molar-refractivity contribution is 5.65. The minimum atomic E-state index is -0.244. The maximum Gasteiger partial charge on any atom is 0.302 e. The molecule has 18 heavy (non-hydrogen) atoms. The van der Waals surface area contributed by atoms with E-state index in [2.05, 4.69) is 19.2 Å². The van der Waals surface area contributed by atoms with Gasteiger partial charge in [0, 0.05) is 18.7 Å². The molecule has 1 rings (SSSR count). The molecule has 100 valence electrons. The standard InChI is InChI=1S/C15H23NO2/c1-4-6-14(5-2)16-15-9-7-13(8-10-15)11-18-12(3)17/h7-10,14,16H,4-6,11H2,1-3H3. The molecule has 0 radical (unpaired) electrons. The first-order chi connectivity index (χ1) is 8.65. The number of esters is 1. The van der Waals surface area contributed by atoms with Crippen LogP contribution in [0.4, 0.5) is 5.69 Å². The fourth-order valence-corrected chi connectivity index (χ4v) is 1.84. The molecular formula is C15H23NO2. The van der Waals surface area contributed by atoms with Crippen LogP contribution in [0.1, 0.15) is 45.6 Å². The Hall–Kier alpha value is -1.51. The Kier molecular flexibility index (Phi) is 6.26. The van der Waals surface area contributed by atoms with E-state index in [0.29, 0.717) is 12.6 Å². The van der Waals surface area contributed by atoms with Crippen molar-refractivity contribution in [1.29, 1.82) is 0 Å². The van der Waals surface area contributed by atoms with Crippen LogP contribution in [0.3, 0.4) is 0 Å². The van der Waals surface area contributed by atoms with Gasteiger partial charge in [-0.1, -0.05) is 32.4 Å². The van der Waals surface area contributed by atoms with Gasteiger partial charge in [0.05, 0.1) is 0 Å². The van der Waals surface area contributed by atoms with E-state index in [1.165, 1.54) is 19.8 Å². The van der Waals surface area contributed by atoms with Gasteiger partial charge in [-0.05, 0) is 30.5 Å². The number of carbonyl (C=O) groups is 1. The topological polar surface area (TPSA) is 38.3 Å². The molecule has 3 nitrogen and oxygen atoms in total. The normalized spacial score (nSPS) is 11.9. The zero-order chi connectivity index (χ0) is 13.4. The van der Waals surface area contributed by atoms with E-state index < -0.39 is 0 Å². The van der Waals surface area contributed by atoms with Crippen LogP contribution in [0.5, 0.6) is 0 Å². The van der Waals surface area contributed by atoms with Crippen molar-refractivity contribution in [2.75, 3.05) is 5.32 Å². The molecule has 0 saturated carbocycles. The molecule has 1 N–H and O–H groups in total. The molecule has 0 heterocycles. The van der Waals surface area contributed by atoms with Crippen LogP contribution in [-0.4, -0.2) is 12.0 Å². The summed E-state index contributed by atoms with van der Waals surface area (Å²) in [6.45, 7) is 6.17. The Bertz CT molecular complexity index is 359. The van der Waals surface area contributed by atoms with Crippen molar-refractivity contribution >= 4 is 11.7 Å². The summed E-state index contributed by atoms with van der Waals surface area (Å²) in [7, 11) is 0. The summed E-state index contributed by atoms with van der Waals surface area (Å²) in [5.74, 6) is -0.244. The van der Waals surface area contributed by atoms with Crippen LogP contribution >= 0.6 is 0 Å². The van der Waals surface area contributed by atoms with Gasteiger partial charge in [-0.15, -0.1) is 0 Å². The fourth-order valence-electron chi connectivity index (χ4n) is 1.84. The van der Waals surface area contributed by atoms with E-state index in [9.17, 15) is 4.79 Å². The summed E-state index contributed by atoms with van der Waals surface area (Å²) in [6, 6.07) is 8.59. The van der Waals surface area contributed by atoms with E-state index in [-0.39, 0.29) is 5.97 Å². The fraction of sp³-hybridized carbons (Fsp3) is 0.533. The van der Waals surface area contributed by atoms with Crippen molar-refractivity contribution in [3.63, 3.8) is 0 Å². The third-order valence-corrected chi connectivity index (χ3v) is 2.90. The maximum atomic E-state index is 10.7. The molecule has 0 aliphatic carbocycles. The summed E-state index contributed by atoms with van der Waals surface area (Å²) in [5, 5.41) is 3.51. The molecule has 0 fully saturated rings. The molecule has 1 unspecified atom stereocenters. The molecule has 0 aliphatic rings. The van der Waals surface area contributed by atoms with Gasteiger partial charge in [0.15, 0.2) is 0 Å². The van der Waals surface area contributed by atoms with Crippen LogP contribution in [0.15, 0.2) is 24.3 Å². The van der Waals surface area contributed by atoms with Gasteiger partial charge >= 0.3 is 5.97 Å². The zero-order valence-electron chi connectivity index (χ0n) is 11.5. The molecule has 0 bridgehead atoms. The zero-order valence-corrected chi connectivity index (χ0v) is 11.5. The maximum absolute atomic E-state index is 10.7. The lowest BCUT2D eigenvalue weighted by atomic mass is 10.1. The first kappa shape index (κ1) is 14.6. The Morgan fingerprint density at radius 2 is 1.94 bits per heavy atom. The van der Waals surface area contributed by atoms with Crippen molar-refractivity contribution in [2.45, 2.75) is 52.7 Å². The third kappa shape index (κ3) is 5.21. The minimum Gasteiger partial charge on any atom is -0.461 e. The summed E-state index contributed by atoms with van der Waals surface area (Å²) < 4.78 is 4.95. The lowest BCUT2D eigenvalue weighted by Crippen LogP contribution is -2.17. The van der Waals surface area contributed by atoms with Crippen molar-refractivity contribution in [3.8, 4) is 0 Å². The van der Waals surface area contributed by atoms with Crippen molar-refractivity contribution < 1.29 is 9.53 Å². The molecular weight excluding hydrogens is 226 g/mol. The Labute approximate surface area is 110 Å².